The topological polar surface area (TPSA) is 95.6 Å². The van der Waals surface area contributed by atoms with Gasteiger partial charge >= 0.3 is 0 Å². The lowest BCUT2D eigenvalue weighted by Gasteiger charge is -2.07. The molecule has 0 saturated carbocycles. The molecule has 1 aromatic heterocycles. The minimum atomic E-state index is -0.321. The smallest absolute Gasteiger partial charge is 0.240 e. The predicted octanol–water partition coefficient (Wildman–Crippen LogP) is 3.44. The van der Waals surface area contributed by atoms with Crippen molar-refractivity contribution in [3.63, 3.8) is 0 Å². The third-order valence-corrected chi connectivity index (χ3v) is 4.04. The lowest BCUT2D eigenvalue weighted by molar-refractivity contribution is -0.124. The van der Waals surface area contributed by atoms with Crippen LogP contribution in [0.2, 0.25) is 0 Å². The van der Waals surface area contributed by atoms with Crippen LogP contribution < -0.4 is 15.5 Å². The van der Waals surface area contributed by atoms with Crippen molar-refractivity contribution >= 4 is 34.6 Å². The average Bonchev–Trinajstić information content (AvgIpc) is 3.11. The molecule has 0 radical (unpaired) electrons. The van der Waals surface area contributed by atoms with E-state index in [2.05, 4.69) is 20.8 Å². The summed E-state index contributed by atoms with van der Waals surface area (Å²) in [6.07, 6.45) is 3.52. The van der Waals surface area contributed by atoms with Crippen LogP contribution in [0.25, 0.3) is 10.9 Å². The number of anilines is 1. The molecule has 0 unspecified atom stereocenters. The Morgan fingerprint density at radius 2 is 1.82 bits per heavy atom. The van der Waals surface area contributed by atoms with Crippen LogP contribution in [0, 0.1) is 0 Å². The van der Waals surface area contributed by atoms with Crippen molar-refractivity contribution in [2.45, 2.75) is 19.8 Å². The van der Waals surface area contributed by atoms with Crippen molar-refractivity contribution in [1.82, 2.24) is 10.4 Å². The summed E-state index contributed by atoms with van der Waals surface area (Å²) < 4.78 is 5.35. The van der Waals surface area contributed by atoms with E-state index in [1.807, 2.05) is 37.4 Å². The third kappa shape index (κ3) is 5.20. The van der Waals surface area contributed by atoms with Gasteiger partial charge in [-0.25, -0.2) is 5.43 Å². The minimum Gasteiger partial charge on any atom is -0.494 e. The Labute approximate surface area is 162 Å². The van der Waals surface area contributed by atoms with E-state index in [1.54, 1.807) is 30.5 Å². The number of aromatic nitrogens is 1. The van der Waals surface area contributed by atoms with E-state index in [9.17, 15) is 9.59 Å². The Morgan fingerprint density at radius 3 is 2.61 bits per heavy atom. The monoisotopic (exact) mass is 378 g/mol. The van der Waals surface area contributed by atoms with Crippen LogP contribution in [0.5, 0.6) is 5.75 Å². The number of hydrazone groups is 1. The molecule has 144 valence electrons. The summed E-state index contributed by atoms with van der Waals surface area (Å²) in [5.41, 5.74) is 4.98. The predicted molar refractivity (Wildman–Crippen MR) is 110 cm³/mol. The fourth-order valence-corrected chi connectivity index (χ4v) is 2.68. The van der Waals surface area contributed by atoms with E-state index in [-0.39, 0.29) is 24.7 Å². The largest absolute Gasteiger partial charge is 0.494 e. The maximum atomic E-state index is 12.0. The molecule has 0 fully saturated rings. The first-order valence-corrected chi connectivity index (χ1v) is 9.06. The van der Waals surface area contributed by atoms with Crippen LogP contribution in [0.3, 0.4) is 0 Å². The molecular formula is C21H22N4O3. The van der Waals surface area contributed by atoms with Gasteiger partial charge in [0.15, 0.2) is 0 Å². The molecular weight excluding hydrogens is 356 g/mol. The number of aromatic amines is 1. The quantitative estimate of drug-likeness (QED) is 0.414. The molecule has 3 N–H and O–H groups in total. The highest BCUT2D eigenvalue weighted by molar-refractivity contribution is 5.99. The Kier molecular flexibility index (Phi) is 6.41. The number of para-hydroxylation sites is 1. The zero-order valence-electron chi connectivity index (χ0n) is 15.6. The van der Waals surface area contributed by atoms with Crippen molar-refractivity contribution in [3.8, 4) is 5.75 Å². The van der Waals surface area contributed by atoms with Crippen LogP contribution >= 0.6 is 0 Å². The molecule has 3 aromatic rings. The zero-order chi connectivity index (χ0) is 19.8. The third-order valence-electron chi connectivity index (χ3n) is 4.04. The van der Waals surface area contributed by atoms with Crippen LogP contribution in [0.1, 0.15) is 25.3 Å². The first-order valence-electron chi connectivity index (χ1n) is 9.06. The summed E-state index contributed by atoms with van der Waals surface area (Å²) >= 11 is 0. The fourth-order valence-electron chi connectivity index (χ4n) is 2.68. The number of nitrogens with zero attached hydrogens (tertiary/aromatic N) is 1. The summed E-state index contributed by atoms with van der Waals surface area (Å²) in [6.45, 7) is 2.49. The van der Waals surface area contributed by atoms with Crippen molar-refractivity contribution < 1.29 is 14.3 Å². The maximum absolute atomic E-state index is 12.0. The van der Waals surface area contributed by atoms with Gasteiger partial charge in [0.2, 0.25) is 11.8 Å². The summed E-state index contributed by atoms with van der Waals surface area (Å²) in [5, 5.41) is 7.73. The van der Waals surface area contributed by atoms with Gasteiger partial charge in [-0.15, -0.1) is 0 Å². The van der Waals surface area contributed by atoms with Crippen molar-refractivity contribution in [1.29, 1.82) is 0 Å². The van der Waals surface area contributed by atoms with Gasteiger partial charge < -0.3 is 15.0 Å². The summed E-state index contributed by atoms with van der Waals surface area (Å²) in [5.74, 6) is 0.186. The van der Waals surface area contributed by atoms with Crippen LogP contribution in [-0.2, 0) is 9.59 Å². The van der Waals surface area contributed by atoms with Gasteiger partial charge in [0.05, 0.1) is 12.8 Å². The molecule has 0 spiro atoms. The number of amides is 2. The molecule has 2 amide bonds. The minimum absolute atomic E-state index is 0.0497. The average molecular weight is 378 g/mol. The molecule has 0 atom stereocenters. The Morgan fingerprint density at radius 1 is 1.07 bits per heavy atom. The number of carbonyl (C=O) groups is 2. The van der Waals surface area contributed by atoms with E-state index >= 15 is 0 Å². The van der Waals surface area contributed by atoms with Crippen LogP contribution in [0.4, 0.5) is 5.69 Å². The van der Waals surface area contributed by atoms with E-state index in [0.717, 1.165) is 22.2 Å². The number of H-pyrrole nitrogens is 1. The fraction of sp³-hybridized carbons (Fsp3) is 0.190. The van der Waals surface area contributed by atoms with Crippen molar-refractivity contribution in [2.75, 3.05) is 11.9 Å². The van der Waals surface area contributed by atoms with E-state index < -0.39 is 0 Å². The number of hydrogen-bond acceptors (Lipinski definition) is 4. The molecule has 7 heteroatoms. The van der Waals surface area contributed by atoms with Gasteiger partial charge in [-0.3, -0.25) is 9.59 Å². The molecule has 0 bridgehead atoms. The standard InChI is InChI=1S/C21H22N4O3/c1-2-28-17-9-7-16(8-10-17)24-20(26)11-12-21(27)25-23-14-15-13-22-19-6-4-3-5-18(15)19/h3-10,13-14,22H,2,11-12H2,1H3,(H,24,26)(H,25,27). The second kappa shape index (κ2) is 9.36. The first kappa shape index (κ1) is 19.2. The van der Waals surface area contributed by atoms with Gasteiger partial charge in [-0.05, 0) is 37.3 Å². The van der Waals surface area contributed by atoms with Gasteiger partial charge in [0, 0.05) is 41.2 Å². The SMILES string of the molecule is CCOc1ccc(NC(=O)CCC(=O)NN=Cc2c[nH]c3ccccc23)cc1. The second-order valence-corrected chi connectivity index (χ2v) is 6.09. The lowest BCUT2D eigenvalue weighted by Crippen LogP contribution is -2.20. The molecule has 0 aliphatic rings. The molecule has 3 rings (SSSR count). The van der Waals surface area contributed by atoms with Crippen molar-refractivity contribution in [3.05, 3.63) is 60.3 Å². The van der Waals surface area contributed by atoms with Crippen LogP contribution in [-0.4, -0.2) is 29.6 Å². The Balaban J connectivity index is 1.43. The highest BCUT2D eigenvalue weighted by Gasteiger charge is 2.07. The number of benzene rings is 2. The second-order valence-electron chi connectivity index (χ2n) is 6.09. The highest BCUT2D eigenvalue weighted by Crippen LogP contribution is 2.16. The van der Waals surface area contributed by atoms with E-state index in [1.165, 1.54) is 0 Å². The number of nitrogens with one attached hydrogen (secondary N) is 3. The molecule has 7 nitrogen and oxygen atoms in total. The number of hydrogen-bond donors (Lipinski definition) is 3. The van der Waals surface area contributed by atoms with Gasteiger partial charge in [-0.2, -0.15) is 5.10 Å². The number of ether oxygens (including phenoxy) is 1. The van der Waals surface area contributed by atoms with Crippen LogP contribution in [0.15, 0.2) is 59.8 Å². The molecule has 0 saturated heterocycles. The summed E-state index contributed by atoms with van der Waals surface area (Å²) in [7, 11) is 0. The summed E-state index contributed by atoms with van der Waals surface area (Å²) in [6, 6.07) is 14.9. The molecule has 2 aromatic carbocycles. The number of rotatable bonds is 8. The summed E-state index contributed by atoms with van der Waals surface area (Å²) in [4.78, 5) is 27.0. The first-order chi connectivity index (χ1) is 13.7. The van der Waals surface area contributed by atoms with E-state index in [4.69, 9.17) is 4.74 Å². The Hall–Kier alpha value is -3.61. The van der Waals surface area contributed by atoms with Gasteiger partial charge in [0.25, 0.3) is 0 Å². The van der Waals surface area contributed by atoms with Gasteiger partial charge in [-0.1, -0.05) is 18.2 Å². The van der Waals surface area contributed by atoms with Crippen molar-refractivity contribution in [2.24, 2.45) is 5.10 Å². The molecule has 0 aliphatic carbocycles. The molecule has 1 heterocycles. The highest BCUT2D eigenvalue weighted by atomic mass is 16.5. The number of fused-ring (bicyclic) bond motifs is 1. The zero-order valence-corrected chi connectivity index (χ0v) is 15.6. The Bertz CT molecular complexity index is 977. The molecule has 0 aliphatic heterocycles. The maximum Gasteiger partial charge on any atom is 0.240 e. The normalized spacial score (nSPS) is 10.9. The lowest BCUT2D eigenvalue weighted by atomic mass is 10.2. The van der Waals surface area contributed by atoms with E-state index in [0.29, 0.717) is 12.3 Å². The number of carbonyl (C=O) groups excluding carboxylic acids is 2. The molecule has 28 heavy (non-hydrogen) atoms. The van der Waals surface area contributed by atoms with Gasteiger partial charge in [0.1, 0.15) is 5.75 Å².